The number of hydrogen-bond donors (Lipinski definition) is 6. The molecule has 0 aliphatic heterocycles. The summed E-state index contributed by atoms with van der Waals surface area (Å²) in [5, 5.41) is 24.3. The summed E-state index contributed by atoms with van der Waals surface area (Å²) < 4.78 is 0. The molecule has 0 heterocycles. The number of carboxylic acids is 2. The van der Waals surface area contributed by atoms with Crippen molar-refractivity contribution in [2.24, 2.45) is 0 Å². The van der Waals surface area contributed by atoms with Crippen molar-refractivity contribution in [3.05, 3.63) is 0 Å². The van der Waals surface area contributed by atoms with Gasteiger partial charge in [-0.3, -0.25) is 24.5 Å². The molecule has 0 rings (SSSR count). The van der Waals surface area contributed by atoms with Gasteiger partial charge in [-0.05, 0) is 6.42 Å². The van der Waals surface area contributed by atoms with Gasteiger partial charge in [0, 0.05) is 12.2 Å². The third kappa shape index (κ3) is 8.70. The summed E-state index contributed by atoms with van der Waals surface area (Å²) in [5.74, 6) is -3.61. The second-order valence-corrected chi connectivity index (χ2v) is 4.81. The number of alkyl halides is 1. The normalized spacial score (nSPS) is 13.0. The van der Waals surface area contributed by atoms with Crippen LogP contribution in [0.1, 0.15) is 12.8 Å². The summed E-state index contributed by atoms with van der Waals surface area (Å²) in [6.07, 6.45) is -0.152. The first kappa shape index (κ1) is 20.5. The molecule has 0 aromatic carbocycles. The quantitative estimate of drug-likeness (QED) is 0.152. The van der Waals surface area contributed by atoms with Crippen LogP contribution >= 0.6 is 24.2 Å². The number of carboxylic acid groups (broad SMARTS) is 2. The average molecular weight is 356 g/mol. The zero-order valence-electron chi connectivity index (χ0n) is 11.5. The van der Waals surface area contributed by atoms with Crippen molar-refractivity contribution in [2.45, 2.75) is 24.9 Å². The van der Waals surface area contributed by atoms with Crippen LogP contribution in [0.3, 0.4) is 0 Å². The molecule has 22 heavy (non-hydrogen) atoms. The van der Waals surface area contributed by atoms with E-state index in [-0.39, 0.29) is 24.6 Å². The van der Waals surface area contributed by atoms with Crippen LogP contribution in [0.15, 0.2) is 0 Å². The predicted molar refractivity (Wildman–Crippen MR) is 80.9 cm³/mol. The topological polar surface area (TPSA) is 145 Å². The number of aliphatic carboxylic acids is 2. The average Bonchev–Trinajstić information content (AvgIpc) is 2.46. The van der Waals surface area contributed by atoms with Gasteiger partial charge in [0.05, 0.1) is 6.00 Å². The first-order valence-electron chi connectivity index (χ1n) is 6.23. The van der Waals surface area contributed by atoms with E-state index < -0.39 is 42.4 Å². The molecule has 5 N–H and O–H groups in total. The van der Waals surface area contributed by atoms with E-state index in [4.69, 9.17) is 21.8 Å². The zero-order chi connectivity index (χ0) is 17.1. The highest BCUT2D eigenvalue weighted by molar-refractivity contribution is 7.80. The third-order valence-corrected chi connectivity index (χ3v) is 3.05. The van der Waals surface area contributed by atoms with Gasteiger partial charge in [-0.25, -0.2) is 0 Å². The van der Waals surface area contributed by atoms with Crippen molar-refractivity contribution >= 4 is 48.0 Å². The summed E-state index contributed by atoms with van der Waals surface area (Å²) in [7, 11) is 0. The maximum absolute atomic E-state index is 11.7. The van der Waals surface area contributed by atoms with Gasteiger partial charge in [-0.15, -0.1) is 11.6 Å². The molecule has 0 bridgehead atoms. The van der Waals surface area contributed by atoms with E-state index in [0.717, 1.165) is 0 Å². The van der Waals surface area contributed by atoms with Crippen LogP contribution in [0, 0.1) is 0 Å². The summed E-state index contributed by atoms with van der Waals surface area (Å²) in [6, 6.07) is -2.05. The highest BCUT2D eigenvalue weighted by Gasteiger charge is 2.22. The van der Waals surface area contributed by atoms with Crippen LogP contribution in [-0.2, 0) is 19.2 Å². The molecular formula is C11H18ClN3O6S. The molecule has 0 fully saturated rings. The third-order valence-electron chi connectivity index (χ3n) is 2.53. The number of halogens is 1. The first-order valence-corrected chi connectivity index (χ1v) is 7.40. The second kappa shape index (κ2) is 11.1. The van der Waals surface area contributed by atoms with Gasteiger partial charge >= 0.3 is 11.9 Å². The summed E-state index contributed by atoms with van der Waals surface area (Å²) >= 11 is 9.28. The molecular weight excluding hydrogens is 338 g/mol. The van der Waals surface area contributed by atoms with Gasteiger partial charge in [0.1, 0.15) is 18.6 Å². The Hall–Kier alpha value is -1.52. The van der Waals surface area contributed by atoms with Crippen molar-refractivity contribution in [2.75, 3.05) is 18.3 Å². The number of thiol groups is 1. The maximum Gasteiger partial charge on any atom is 0.322 e. The Balaban J connectivity index is 4.33. The number of nitrogens with one attached hydrogen (secondary N) is 3. The lowest BCUT2D eigenvalue weighted by molar-refractivity contribution is -0.139. The van der Waals surface area contributed by atoms with E-state index in [1.54, 1.807) is 0 Å². The van der Waals surface area contributed by atoms with Crippen LogP contribution in [-0.4, -0.2) is 64.4 Å². The van der Waals surface area contributed by atoms with Gasteiger partial charge in [0.15, 0.2) is 0 Å². The molecule has 0 saturated carbocycles. The Bertz CT molecular complexity index is 423. The van der Waals surface area contributed by atoms with Gasteiger partial charge in [-0.1, -0.05) is 0 Å². The molecule has 0 spiro atoms. The zero-order valence-corrected chi connectivity index (χ0v) is 13.2. The van der Waals surface area contributed by atoms with Gasteiger partial charge in [0.2, 0.25) is 11.8 Å². The molecule has 0 aliphatic rings. The fourth-order valence-electron chi connectivity index (χ4n) is 1.43. The second-order valence-electron chi connectivity index (χ2n) is 4.18. The SMILES string of the molecule is O=C(O)CNC(=O)[C@H](CS)NC(=O)CC[C@H](NCCl)C(=O)O. The number of carbonyl (C=O) groups is 4. The van der Waals surface area contributed by atoms with Crippen LogP contribution in [0.2, 0.25) is 0 Å². The first-order chi connectivity index (χ1) is 10.3. The minimum absolute atomic E-state index is 0.01000. The van der Waals surface area contributed by atoms with Gasteiger partial charge in [-0.2, -0.15) is 12.6 Å². The van der Waals surface area contributed by atoms with E-state index in [9.17, 15) is 19.2 Å². The van der Waals surface area contributed by atoms with E-state index in [0.29, 0.717) is 0 Å². The highest BCUT2D eigenvalue weighted by atomic mass is 35.5. The lowest BCUT2D eigenvalue weighted by Gasteiger charge is -2.17. The van der Waals surface area contributed by atoms with E-state index in [1.165, 1.54) is 0 Å². The molecule has 0 radical (unpaired) electrons. The molecule has 0 aromatic rings. The van der Waals surface area contributed by atoms with Gasteiger partial charge in [0.25, 0.3) is 0 Å². The van der Waals surface area contributed by atoms with Crippen molar-refractivity contribution < 1.29 is 29.4 Å². The summed E-state index contributed by atoms with van der Waals surface area (Å²) in [5.41, 5.74) is 0. The molecule has 0 unspecified atom stereocenters. The number of hydrogen-bond acceptors (Lipinski definition) is 6. The lowest BCUT2D eigenvalue weighted by atomic mass is 10.1. The maximum atomic E-state index is 11.7. The van der Waals surface area contributed by atoms with E-state index in [1.807, 2.05) is 0 Å². The minimum atomic E-state index is -1.21. The van der Waals surface area contributed by atoms with E-state index in [2.05, 4.69) is 28.6 Å². The van der Waals surface area contributed by atoms with Crippen molar-refractivity contribution in [1.82, 2.24) is 16.0 Å². The molecule has 9 nitrogen and oxygen atoms in total. The lowest BCUT2D eigenvalue weighted by Crippen LogP contribution is -2.49. The van der Waals surface area contributed by atoms with Crippen molar-refractivity contribution in [1.29, 1.82) is 0 Å². The molecule has 0 aliphatic carbocycles. The molecule has 126 valence electrons. The Kier molecular flexibility index (Phi) is 10.3. The predicted octanol–water partition coefficient (Wildman–Crippen LogP) is -1.38. The monoisotopic (exact) mass is 355 g/mol. The molecule has 0 saturated heterocycles. The van der Waals surface area contributed by atoms with Crippen LogP contribution < -0.4 is 16.0 Å². The summed E-state index contributed by atoms with van der Waals surface area (Å²) in [4.78, 5) is 44.5. The number of amides is 2. The Morgan fingerprint density at radius 2 is 1.77 bits per heavy atom. The smallest absolute Gasteiger partial charge is 0.322 e. The van der Waals surface area contributed by atoms with Crippen LogP contribution in [0.4, 0.5) is 0 Å². The van der Waals surface area contributed by atoms with Crippen molar-refractivity contribution in [3.63, 3.8) is 0 Å². The summed E-state index contributed by atoms with van der Waals surface area (Å²) in [6.45, 7) is -0.570. The largest absolute Gasteiger partial charge is 0.480 e. The number of carbonyl (C=O) groups excluding carboxylic acids is 2. The molecule has 2 atom stereocenters. The fraction of sp³-hybridized carbons (Fsp3) is 0.636. The Labute approximate surface area is 137 Å². The van der Waals surface area contributed by atoms with Crippen LogP contribution in [0.5, 0.6) is 0 Å². The Morgan fingerprint density at radius 3 is 2.23 bits per heavy atom. The Morgan fingerprint density at radius 1 is 1.14 bits per heavy atom. The van der Waals surface area contributed by atoms with E-state index >= 15 is 0 Å². The molecule has 0 aromatic heterocycles. The van der Waals surface area contributed by atoms with Gasteiger partial charge < -0.3 is 20.8 Å². The fourth-order valence-corrected chi connectivity index (χ4v) is 1.87. The number of rotatable bonds is 11. The van der Waals surface area contributed by atoms with Crippen molar-refractivity contribution in [3.8, 4) is 0 Å². The molecule has 2 amide bonds. The van der Waals surface area contributed by atoms with Crippen LogP contribution in [0.25, 0.3) is 0 Å². The minimum Gasteiger partial charge on any atom is -0.480 e. The molecule has 11 heteroatoms. The standard InChI is InChI=1S/C11H18ClN3O6S/c12-5-14-6(11(20)21)1-2-8(16)15-7(4-22)10(19)13-3-9(17)18/h6-7,14,22H,1-5H2,(H,13,19)(H,15,16)(H,17,18)(H,20,21)/t6-,7-/m0/s1. The highest BCUT2D eigenvalue weighted by Crippen LogP contribution is 2.00.